The highest BCUT2D eigenvalue weighted by Gasteiger charge is 2.45. The largest absolute Gasteiger partial charge is 0.486 e. The van der Waals surface area contributed by atoms with Crippen LogP contribution in [0.1, 0.15) is 93.2 Å². The van der Waals surface area contributed by atoms with Crippen molar-refractivity contribution in [2.45, 2.75) is 91.1 Å². The number of hydrogen-bond donors (Lipinski definition) is 4. The Hall–Kier alpha value is -5.87. The van der Waals surface area contributed by atoms with Gasteiger partial charge >= 0.3 is 0 Å². The zero-order chi connectivity index (χ0) is 47.7. The summed E-state index contributed by atoms with van der Waals surface area (Å²) in [5.74, 6) is -1.05. The molecule has 2 saturated heterocycles. The standard InChI is InChI=1S/C50H54Cl2N8O6S/c1-27(30-7-11-32(12-8-30)44-28(2)54-26-67-44)55-47(63)41-21-35(61)25-60(41)49(65)45(50(4,5)6)56-46(62)33-17-19-59(20-18-33)48(64)34-13-9-31(10-14-34)43-37-22-36(15-16-40(37)57-58-43)66-29(3)42-38(51)23-53-24-39(42)52/h7-16,22-24,26-27,29,33,35,41,45,61H,17-21,25H2,1-6H3,(H,55,63)(H,56,62)(H,57,58)/t27-,29+,35+,41-,45+/m0/s1. The van der Waals surface area contributed by atoms with Crippen molar-refractivity contribution in [2.75, 3.05) is 19.6 Å². The maximum atomic E-state index is 14.3. The molecule has 2 aliphatic rings. The van der Waals surface area contributed by atoms with Crippen LogP contribution in [0.15, 0.2) is 84.6 Å². The van der Waals surface area contributed by atoms with Crippen molar-refractivity contribution in [2.24, 2.45) is 11.3 Å². The molecule has 0 radical (unpaired) electrons. The maximum absolute atomic E-state index is 14.3. The van der Waals surface area contributed by atoms with E-state index < -0.39 is 41.5 Å². The Morgan fingerprint density at radius 3 is 2.22 bits per heavy atom. The number of carbonyl (C=O) groups excluding carboxylic acids is 4. The van der Waals surface area contributed by atoms with Crippen molar-refractivity contribution in [3.8, 4) is 27.4 Å². The van der Waals surface area contributed by atoms with Gasteiger partial charge in [0, 0.05) is 66.4 Å². The van der Waals surface area contributed by atoms with E-state index in [4.69, 9.17) is 27.9 Å². The van der Waals surface area contributed by atoms with Crippen molar-refractivity contribution < 1.29 is 29.0 Å². The SMILES string of the molecule is Cc1ncsc1-c1ccc([C@H](C)NC(=O)[C@@H]2C[C@@H](O)CN2C(=O)[C@@H](NC(=O)C2CCN(C(=O)c3ccc(-c4n[nH]c5ccc(O[C@H](C)c6c(Cl)cncc6Cl)cc45)cc3)CC2)C(C)(C)C)cc1. The molecule has 4 amide bonds. The molecule has 0 saturated carbocycles. The van der Waals surface area contributed by atoms with Gasteiger partial charge in [-0.25, -0.2) is 4.98 Å². The van der Waals surface area contributed by atoms with Gasteiger partial charge in [-0.2, -0.15) is 5.10 Å². The number of β-amino-alcohol motifs (C(OH)–C–C–N with tert-alkyl or cyclic N) is 1. The Morgan fingerprint density at radius 1 is 0.910 bits per heavy atom. The van der Waals surface area contributed by atoms with Crippen LogP contribution in [-0.2, 0) is 14.4 Å². The zero-order valence-electron chi connectivity index (χ0n) is 38.2. The van der Waals surface area contributed by atoms with Crippen molar-refractivity contribution in [1.82, 2.24) is 40.6 Å². The number of nitrogens with zero attached hydrogens (tertiary/aromatic N) is 5. The highest BCUT2D eigenvalue weighted by Crippen LogP contribution is 2.36. The number of aliphatic hydroxyl groups is 1. The Bertz CT molecular complexity index is 2760. The van der Waals surface area contributed by atoms with Gasteiger partial charge in [0.25, 0.3) is 5.91 Å². The Balaban J connectivity index is 0.863. The van der Waals surface area contributed by atoms with Gasteiger partial charge in [0.1, 0.15) is 29.6 Å². The number of amides is 4. The van der Waals surface area contributed by atoms with E-state index in [2.05, 4.69) is 30.8 Å². The van der Waals surface area contributed by atoms with Gasteiger partial charge in [0.05, 0.1) is 43.8 Å². The van der Waals surface area contributed by atoms with E-state index in [0.29, 0.717) is 58.5 Å². The number of carbonyl (C=O) groups is 4. The lowest BCUT2D eigenvalue weighted by molar-refractivity contribution is -0.144. The van der Waals surface area contributed by atoms with Gasteiger partial charge in [-0.05, 0) is 80.5 Å². The molecule has 8 rings (SSSR count). The number of aryl methyl sites for hydroxylation is 1. The minimum absolute atomic E-state index is 0.0225. The molecule has 6 aromatic rings. The Kier molecular flexibility index (Phi) is 14.0. The number of fused-ring (bicyclic) bond motifs is 1. The summed E-state index contributed by atoms with van der Waals surface area (Å²) in [6.45, 7) is 12.0. The number of aliphatic hydroxyl groups excluding tert-OH is 1. The molecular weight excluding hydrogens is 912 g/mol. The summed E-state index contributed by atoms with van der Waals surface area (Å²) in [4.78, 5) is 68.3. The van der Waals surface area contributed by atoms with E-state index in [1.165, 1.54) is 17.3 Å². The summed E-state index contributed by atoms with van der Waals surface area (Å²) >= 11 is 14.3. The monoisotopic (exact) mass is 964 g/mol. The number of aromatic nitrogens is 4. The van der Waals surface area contributed by atoms with E-state index >= 15 is 0 Å². The number of rotatable bonds is 12. The molecular formula is C50H54Cl2N8O6S. The van der Waals surface area contributed by atoms with Gasteiger partial charge in [-0.3, -0.25) is 29.3 Å². The molecule has 5 heterocycles. The van der Waals surface area contributed by atoms with Crippen LogP contribution in [0.5, 0.6) is 5.75 Å². The number of aromatic amines is 1. The van der Waals surface area contributed by atoms with Crippen LogP contribution >= 0.6 is 34.5 Å². The predicted octanol–water partition coefficient (Wildman–Crippen LogP) is 8.73. The number of pyridine rings is 1. The second-order valence-electron chi connectivity index (χ2n) is 18.5. The second kappa shape index (κ2) is 19.8. The van der Waals surface area contributed by atoms with Crippen LogP contribution in [0, 0.1) is 18.3 Å². The van der Waals surface area contributed by atoms with E-state index in [9.17, 15) is 24.3 Å². The molecule has 4 N–H and O–H groups in total. The van der Waals surface area contributed by atoms with Gasteiger partial charge in [0.2, 0.25) is 17.7 Å². The zero-order valence-corrected chi connectivity index (χ0v) is 40.5. The first-order valence-electron chi connectivity index (χ1n) is 22.4. The number of nitrogens with one attached hydrogen (secondary N) is 3. The molecule has 2 fully saturated rings. The summed E-state index contributed by atoms with van der Waals surface area (Å²) in [7, 11) is 0. The number of benzene rings is 3. The van der Waals surface area contributed by atoms with Crippen LogP contribution < -0.4 is 15.4 Å². The van der Waals surface area contributed by atoms with Crippen molar-refractivity contribution in [3.63, 3.8) is 0 Å². The molecule has 0 spiro atoms. The number of H-pyrrole nitrogens is 1. The maximum Gasteiger partial charge on any atom is 0.253 e. The highest BCUT2D eigenvalue weighted by atomic mass is 35.5. The molecule has 17 heteroatoms. The second-order valence-corrected chi connectivity index (χ2v) is 20.2. The molecule has 14 nitrogen and oxygen atoms in total. The molecule has 3 aromatic carbocycles. The fourth-order valence-corrected chi connectivity index (χ4v) is 10.4. The minimum atomic E-state index is -0.960. The molecule has 2 aliphatic heterocycles. The first kappa shape index (κ1) is 47.6. The van der Waals surface area contributed by atoms with E-state index in [-0.39, 0.29) is 36.7 Å². The summed E-state index contributed by atoms with van der Waals surface area (Å²) in [6, 6.07) is 18.6. The number of ether oxygens (including phenoxy) is 1. The van der Waals surface area contributed by atoms with E-state index in [1.54, 1.807) is 28.4 Å². The smallest absolute Gasteiger partial charge is 0.253 e. The first-order valence-corrected chi connectivity index (χ1v) is 24.0. The average molecular weight is 966 g/mol. The summed E-state index contributed by atoms with van der Waals surface area (Å²) in [5, 5.41) is 26.1. The van der Waals surface area contributed by atoms with Crippen molar-refractivity contribution >= 4 is 69.1 Å². The normalized spacial score (nSPS) is 18.1. The van der Waals surface area contributed by atoms with E-state index in [0.717, 1.165) is 38.2 Å². The third kappa shape index (κ3) is 10.3. The summed E-state index contributed by atoms with van der Waals surface area (Å²) in [6.07, 6.45) is 2.64. The molecule has 0 unspecified atom stereocenters. The van der Waals surface area contributed by atoms with Crippen molar-refractivity contribution in [3.05, 3.63) is 117 Å². The topological polar surface area (TPSA) is 183 Å². The Morgan fingerprint density at radius 2 is 1.58 bits per heavy atom. The van der Waals surface area contributed by atoms with Crippen LogP contribution in [-0.4, -0.2) is 96.5 Å². The van der Waals surface area contributed by atoms with Crippen LogP contribution in [0.4, 0.5) is 0 Å². The third-order valence-corrected chi connectivity index (χ3v) is 14.3. The molecule has 3 aromatic heterocycles. The number of piperidine rings is 1. The lowest BCUT2D eigenvalue weighted by atomic mass is 9.84. The molecule has 5 atom stereocenters. The number of halogens is 2. The van der Waals surface area contributed by atoms with E-state index in [1.807, 2.05) is 102 Å². The van der Waals surface area contributed by atoms with Crippen LogP contribution in [0.25, 0.3) is 32.6 Å². The molecule has 350 valence electrons. The first-order chi connectivity index (χ1) is 32.0. The fourth-order valence-electron chi connectivity index (χ4n) is 8.93. The minimum Gasteiger partial charge on any atom is -0.486 e. The molecule has 0 aliphatic carbocycles. The number of thiazole rings is 1. The van der Waals surface area contributed by atoms with Gasteiger partial charge < -0.3 is 30.3 Å². The fraction of sp³-hybridized carbons (Fsp3) is 0.380. The average Bonchev–Trinajstić information content (AvgIpc) is 4.05. The van der Waals surface area contributed by atoms with Gasteiger partial charge in [-0.1, -0.05) is 80.4 Å². The third-order valence-electron chi connectivity index (χ3n) is 12.7. The van der Waals surface area contributed by atoms with Gasteiger partial charge in [0.15, 0.2) is 0 Å². The lowest BCUT2D eigenvalue weighted by Gasteiger charge is -2.37. The predicted molar refractivity (Wildman–Crippen MR) is 260 cm³/mol. The van der Waals surface area contributed by atoms with Crippen LogP contribution in [0.3, 0.4) is 0 Å². The summed E-state index contributed by atoms with van der Waals surface area (Å²) < 4.78 is 6.23. The lowest BCUT2D eigenvalue weighted by Crippen LogP contribution is -2.59. The quantitative estimate of drug-likeness (QED) is 0.0932. The molecule has 0 bridgehead atoms. The number of likely N-dealkylation sites (tertiary alicyclic amines) is 2. The Labute approximate surface area is 403 Å². The van der Waals surface area contributed by atoms with Crippen molar-refractivity contribution in [1.29, 1.82) is 0 Å². The molecule has 67 heavy (non-hydrogen) atoms. The summed E-state index contributed by atoms with van der Waals surface area (Å²) in [5.41, 5.74) is 7.47. The van der Waals surface area contributed by atoms with Gasteiger partial charge in [-0.15, -0.1) is 11.3 Å². The highest BCUT2D eigenvalue weighted by molar-refractivity contribution is 7.13. The van der Waals surface area contributed by atoms with Crippen LogP contribution in [0.2, 0.25) is 10.0 Å². The number of hydrogen-bond acceptors (Lipinski definition) is 10.